The molecule has 0 radical (unpaired) electrons. The molecule has 124 valence electrons. The molecule has 0 N–H and O–H groups in total. The van der Waals surface area contributed by atoms with Crippen molar-refractivity contribution in [3.63, 3.8) is 0 Å². The first kappa shape index (κ1) is 15.0. The lowest BCUT2D eigenvalue weighted by Crippen LogP contribution is -1.89. The van der Waals surface area contributed by atoms with Crippen LogP contribution in [-0.4, -0.2) is 0 Å². The highest BCUT2D eigenvalue weighted by Crippen LogP contribution is 2.40. The lowest BCUT2D eigenvalue weighted by atomic mass is 9.90. The maximum atomic E-state index is 6.27. The quantitative estimate of drug-likeness (QED) is 0.332. The Hall–Kier alpha value is -3.32. The maximum absolute atomic E-state index is 6.27. The Morgan fingerprint density at radius 1 is 0.577 bits per heavy atom. The van der Waals surface area contributed by atoms with Crippen LogP contribution in [0.2, 0.25) is 0 Å². The largest absolute Gasteiger partial charge is 0.455 e. The van der Waals surface area contributed by atoms with E-state index in [0.717, 1.165) is 16.7 Å². The average Bonchev–Trinajstić information content (AvgIpc) is 3.07. The Bertz CT molecular complexity index is 1230. The molecule has 1 heterocycles. The van der Waals surface area contributed by atoms with Crippen LogP contribution in [0.5, 0.6) is 0 Å². The van der Waals surface area contributed by atoms with Crippen LogP contribution in [0.4, 0.5) is 0 Å². The number of hydrogen-bond acceptors (Lipinski definition) is 1. The van der Waals surface area contributed by atoms with Gasteiger partial charge in [0.05, 0.1) is 0 Å². The molecular formula is C25H18O. The van der Waals surface area contributed by atoms with Crippen molar-refractivity contribution in [3.05, 3.63) is 96.6 Å². The Labute approximate surface area is 152 Å². The normalized spacial score (nSPS) is 11.3. The zero-order chi connectivity index (χ0) is 17.5. The highest BCUT2D eigenvalue weighted by molar-refractivity contribution is 6.10. The third kappa shape index (κ3) is 2.25. The summed E-state index contributed by atoms with van der Waals surface area (Å²) in [4.78, 5) is 0. The molecule has 0 saturated carbocycles. The van der Waals surface area contributed by atoms with Gasteiger partial charge in [0, 0.05) is 16.3 Å². The number of hydrogen-bond donors (Lipinski definition) is 0. The van der Waals surface area contributed by atoms with Crippen LogP contribution in [0.3, 0.4) is 0 Å². The zero-order valence-electron chi connectivity index (χ0n) is 14.6. The first-order valence-electron chi connectivity index (χ1n) is 8.88. The van der Waals surface area contributed by atoms with Gasteiger partial charge in [-0.15, -0.1) is 0 Å². The molecule has 0 aliphatic rings. The summed E-state index contributed by atoms with van der Waals surface area (Å²) in [6.07, 6.45) is 0. The lowest BCUT2D eigenvalue weighted by Gasteiger charge is -2.13. The fraction of sp³-hybridized carbons (Fsp3) is 0.0400. The minimum atomic E-state index is 0.934. The first-order chi connectivity index (χ1) is 12.8. The number of rotatable bonds is 2. The highest BCUT2D eigenvalue weighted by atomic mass is 16.3. The molecule has 5 rings (SSSR count). The van der Waals surface area contributed by atoms with Crippen LogP contribution in [0, 0.1) is 6.92 Å². The number of para-hydroxylation sites is 2. The van der Waals surface area contributed by atoms with E-state index in [4.69, 9.17) is 4.42 Å². The molecule has 1 heteroatoms. The number of aryl methyl sites for hydroxylation is 1. The standard InChI is InChI=1S/C25H18O/c1-17-9-7-13-20(24(17)18-10-3-2-4-11-18)22-15-8-14-21-19-12-5-6-16-23(19)26-25(21)22/h2-16H,1H3. The molecule has 1 nitrogen and oxygen atoms in total. The molecule has 0 unspecified atom stereocenters. The van der Waals surface area contributed by atoms with Gasteiger partial charge in [-0.25, -0.2) is 0 Å². The van der Waals surface area contributed by atoms with Crippen molar-refractivity contribution in [2.45, 2.75) is 6.92 Å². The van der Waals surface area contributed by atoms with E-state index in [2.05, 4.69) is 85.8 Å². The first-order valence-corrected chi connectivity index (χ1v) is 8.88. The van der Waals surface area contributed by atoms with Gasteiger partial charge in [0.25, 0.3) is 0 Å². The van der Waals surface area contributed by atoms with Crippen molar-refractivity contribution in [2.75, 3.05) is 0 Å². The summed E-state index contributed by atoms with van der Waals surface area (Å²) in [5.41, 5.74) is 8.00. The van der Waals surface area contributed by atoms with Gasteiger partial charge < -0.3 is 4.42 Å². The molecule has 0 fully saturated rings. The van der Waals surface area contributed by atoms with Gasteiger partial charge in [0.2, 0.25) is 0 Å². The number of benzene rings is 4. The van der Waals surface area contributed by atoms with Crippen LogP contribution >= 0.6 is 0 Å². The molecule has 0 saturated heterocycles. The number of fused-ring (bicyclic) bond motifs is 3. The van der Waals surface area contributed by atoms with Crippen molar-refractivity contribution in [1.29, 1.82) is 0 Å². The molecule has 4 aromatic carbocycles. The van der Waals surface area contributed by atoms with Gasteiger partial charge in [0.1, 0.15) is 11.2 Å². The summed E-state index contributed by atoms with van der Waals surface area (Å²) in [6.45, 7) is 2.17. The summed E-state index contributed by atoms with van der Waals surface area (Å²) in [5, 5.41) is 2.33. The topological polar surface area (TPSA) is 13.1 Å². The van der Waals surface area contributed by atoms with Gasteiger partial charge in [-0.2, -0.15) is 0 Å². The second-order valence-corrected chi connectivity index (χ2v) is 6.64. The predicted octanol–water partition coefficient (Wildman–Crippen LogP) is 7.23. The van der Waals surface area contributed by atoms with Crippen molar-refractivity contribution in [2.24, 2.45) is 0 Å². The van der Waals surface area contributed by atoms with E-state index in [0.29, 0.717) is 0 Å². The molecule has 0 amide bonds. The van der Waals surface area contributed by atoms with Crippen LogP contribution in [-0.2, 0) is 0 Å². The Morgan fingerprint density at radius 3 is 2.15 bits per heavy atom. The zero-order valence-corrected chi connectivity index (χ0v) is 14.6. The predicted molar refractivity (Wildman–Crippen MR) is 109 cm³/mol. The van der Waals surface area contributed by atoms with Crippen molar-refractivity contribution >= 4 is 21.9 Å². The molecular weight excluding hydrogens is 316 g/mol. The van der Waals surface area contributed by atoms with E-state index in [1.165, 1.54) is 33.0 Å². The summed E-state index contributed by atoms with van der Waals surface area (Å²) in [7, 11) is 0. The van der Waals surface area contributed by atoms with Crippen molar-refractivity contribution in [1.82, 2.24) is 0 Å². The molecule has 0 aliphatic heterocycles. The van der Waals surface area contributed by atoms with Gasteiger partial charge in [-0.05, 0) is 35.2 Å². The Morgan fingerprint density at radius 2 is 1.27 bits per heavy atom. The fourth-order valence-electron chi connectivity index (χ4n) is 3.84. The molecule has 1 aromatic heterocycles. The second-order valence-electron chi connectivity index (χ2n) is 6.64. The minimum absolute atomic E-state index is 0.934. The SMILES string of the molecule is Cc1cccc(-c2cccc3c2oc2ccccc23)c1-c1ccccc1. The van der Waals surface area contributed by atoms with Gasteiger partial charge in [-0.1, -0.05) is 84.9 Å². The minimum Gasteiger partial charge on any atom is -0.455 e. The Balaban J connectivity index is 1.86. The van der Waals surface area contributed by atoms with Crippen molar-refractivity contribution in [3.8, 4) is 22.3 Å². The highest BCUT2D eigenvalue weighted by Gasteiger charge is 2.16. The molecule has 0 aliphatic carbocycles. The summed E-state index contributed by atoms with van der Waals surface area (Å²) in [5.74, 6) is 0. The van der Waals surface area contributed by atoms with Gasteiger partial charge >= 0.3 is 0 Å². The van der Waals surface area contributed by atoms with Crippen LogP contribution in [0.1, 0.15) is 5.56 Å². The second kappa shape index (κ2) is 5.89. The van der Waals surface area contributed by atoms with Crippen LogP contribution in [0.15, 0.2) is 95.4 Å². The van der Waals surface area contributed by atoms with Crippen LogP contribution in [0.25, 0.3) is 44.2 Å². The molecule has 26 heavy (non-hydrogen) atoms. The summed E-state index contributed by atoms with van der Waals surface area (Å²) >= 11 is 0. The monoisotopic (exact) mass is 334 g/mol. The molecule has 0 spiro atoms. The van der Waals surface area contributed by atoms with E-state index < -0.39 is 0 Å². The van der Waals surface area contributed by atoms with E-state index in [-0.39, 0.29) is 0 Å². The lowest BCUT2D eigenvalue weighted by molar-refractivity contribution is 0.670. The third-order valence-electron chi connectivity index (χ3n) is 5.03. The third-order valence-corrected chi connectivity index (χ3v) is 5.03. The Kier molecular flexibility index (Phi) is 3.39. The number of furan rings is 1. The fourth-order valence-corrected chi connectivity index (χ4v) is 3.84. The van der Waals surface area contributed by atoms with E-state index in [1.54, 1.807) is 0 Å². The maximum Gasteiger partial charge on any atom is 0.143 e. The van der Waals surface area contributed by atoms with E-state index in [1.807, 2.05) is 12.1 Å². The van der Waals surface area contributed by atoms with Gasteiger partial charge in [-0.3, -0.25) is 0 Å². The van der Waals surface area contributed by atoms with Crippen LogP contribution < -0.4 is 0 Å². The molecule has 0 bridgehead atoms. The summed E-state index contributed by atoms with van der Waals surface area (Å²) in [6, 6.07) is 31.7. The average molecular weight is 334 g/mol. The molecule has 5 aromatic rings. The summed E-state index contributed by atoms with van der Waals surface area (Å²) < 4.78 is 6.27. The smallest absolute Gasteiger partial charge is 0.143 e. The van der Waals surface area contributed by atoms with Gasteiger partial charge in [0.15, 0.2) is 0 Å². The van der Waals surface area contributed by atoms with Crippen molar-refractivity contribution < 1.29 is 4.42 Å². The molecule has 0 atom stereocenters. The van der Waals surface area contributed by atoms with E-state index in [9.17, 15) is 0 Å². The van der Waals surface area contributed by atoms with E-state index >= 15 is 0 Å².